The van der Waals surface area contributed by atoms with E-state index in [4.69, 9.17) is 0 Å². The molecule has 26 valence electrons. The van der Waals surface area contributed by atoms with Gasteiger partial charge in [-0.05, 0) is 0 Å². The average Bonchev–Trinajstić information content (AvgIpc) is 1.46. The van der Waals surface area contributed by atoms with Crippen LogP contribution in [0.2, 0.25) is 0 Å². The van der Waals surface area contributed by atoms with Crippen LogP contribution in [0.3, 0.4) is 0 Å². The second-order valence-corrected chi connectivity index (χ2v) is 1.06. The molecule has 3 nitrogen and oxygen atoms in total. The van der Waals surface area contributed by atoms with Crippen molar-refractivity contribution >= 4 is 10.0 Å². The van der Waals surface area contributed by atoms with Crippen LogP contribution in [0.1, 0.15) is 0 Å². The van der Waals surface area contributed by atoms with E-state index >= 15 is 0 Å². The second kappa shape index (κ2) is 1.42. The Labute approximate surface area is 25.8 Å². The van der Waals surface area contributed by atoms with Gasteiger partial charge in [-0.3, -0.25) is 9.15 Å². The molecule has 0 atom stereocenters. The van der Waals surface area contributed by atoms with Crippen molar-refractivity contribution in [3.8, 4) is 0 Å². The first-order valence-electron chi connectivity index (χ1n) is 0.744. The predicted molar refractivity (Wildman–Crippen MR) is 14.3 cm³/mol. The fourth-order valence-electron chi connectivity index (χ4n) is 0. The van der Waals surface area contributed by atoms with Crippen LogP contribution in [-0.2, 0) is 9.15 Å². The smallest absolute Gasteiger partial charge is 0.379 e. The highest BCUT2D eigenvalue weighted by atomic mass is 28.3. The van der Waals surface area contributed by atoms with Gasteiger partial charge >= 0.3 is 10.0 Å². The van der Waals surface area contributed by atoms with Crippen LogP contribution in [-0.4, -0.2) is 15.5 Å². The normalized spacial score (nSPS) is 18.0. The number of hydrogen-bond acceptors (Lipinski definition) is 2. The van der Waals surface area contributed by atoms with E-state index in [2.05, 4.69) is 9.15 Å². The summed E-state index contributed by atoms with van der Waals surface area (Å²) in [4.78, 5) is 0. The molecule has 4 heteroatoms. The van der Waals surface area contributed by atoms with Crippen molar-refractivity contribution in [1.82, 2.24) is 0 Å². The molecule has 1 heterocycles. The zero-order valence-corrected chi connectivity index (χ0v) is 3.44. The van der Waals surface area contributed by atoms with Gasteiger partial charge in [0, 0.05) is 0 Å². The summed E-state index contributed by atoms with van der Waals surface area (Å²) in [5, 5.41) is 0. The van der Waals surface area contributed by atoms with Crippen LogP contribution in [0.15, 0.2) is 0 Å². The van der Waals surface area contributed by atoms with E-state index in [1.54, 1.807) is 0 Å². The molecule has 1 fully saturated rings. The number of hydrogen-bond donors (Lipinski definition) is 0. The third kappa shape index (κ3) is 2.10. The molecule has 0 aromatic heterocycles. The van der Waals surface area contributed by atoms with Gasteiger partial charge in [0.25, 0.3) is 0 Å². The molecule has 0 spiro atoms. The van der Waals surface area contributed by atoms with E-state index in [1.807, 2.05) is 0 Å². The predicted octanol–water partition coefficient (Wildman–Crippen LogP) is -1.88. The summed E-state index contributed by atoms with van der Waals surface area (Å²) < 4.78 is 8.28. The fraction of sp³-hybridized carbons (Fsp3) is 0. The fourth-order valence-corrected chi connectivity index (χ4v) is 0. The lowest BCUT2D eigenvalue weighted by atomic mass is 15.0. The Kier molecular flexibility index (Phi) is 1.45. The molecule has 1 aliphatic rings. The summed E-state index contributed by atoms with van der Waals surface area (Å²) in [5.41, 5.74) is 0. The molecule has 0 saturated carbocycles. The first-order valence-corrected chi connectivity index (χ1v) is 1.90. The molecule has 1 rings (SSSR count). The van der Waals surface area contributed by atoms with Gasteiger partial charge < -0.3 is 5.48 Å². The summed E-state index contributed by atoms with van der Waals surface area (Å²) >= 11 is 0. The Balaban J connectivity index is 0.0000000900. The summed E-state index contributed by atoms with van der Waals surface area (Å²) in [5.74, 6) is 0. The van der Waals surface area contributed by atoms with Gasteiger partial charge in [-0.1, -0.05) is 0 Å². The van der Waals surface area contributed by atoms with Crippen molar-refractivity contribution in [3.63, 3.8) is 0 Å². The Morgan fingerprint density at radius 2 is 1.50 bits per heavy atom. The minimum absolute atomic E-state index is 0. The number of rotatable bonds is 0. The Morgan fingerprint density at radius 1 is 1.25 bits per heavy atom. The molecule has 0 bridgehead atoms. The third-order valence-corrected chi connectivity index (χ3v) is 0.354. The highest BCUT2D eigenvalue weighted by Gasteiger charge is 1.98. The maximum Gasteiger partial charge on any atom is 0.379 e. The lowest BCUT2D eigenvalue weighted by Crippen LogP contribution is -1.28. The van der Waals surface area contributed by atoms with Crippen LogP contribution in [0.25, 0.3) is 0 Å². The standard InChI is InChI=1S/H2O2Si.H2O/c1-2-3-1;/h3H2;1H2. The quantitative estimate of drug-likeness (QED) is 0.194. The molecule has 0 amide bonds. The van der Waals surface area contributed by atoms with Crippen molar-refractivity contribution in [1.29, 1.82) is 0 Å². The minimum Gasteiger partial charge on any atom is -0.412 e. The van der Waals surface area contributed by atoms with Crippen LogP contribution < -0.4 is 0 Å². The van der Waals surface area contributed by atoms with Crippen LogP contribution >= 0.6 is 0 Å². The molecule has 0 aromatic rings. The Bertz CT molecular complexity index is 8.00. The van der Waals surface area contributed by atoms with E-state index in [0.29, 0.717) is 0 Å². The second-order valence-electron chi connectivity index (χ2n) is 0.354. The zero-order chi connectivity index (χ0) is 2.12. The average molecular weight is 80.1 g/mol. The van der Waals surface area contributed by atoms with E-state index in [9.17, 15) is 0 Å². The topological polar surface area (TPSA) is 56.6 Å². The first-order chi connectivity index (χ1) is 1.50. The van der Waals surface area contributed by atoms with Gasteiger partial charge in [0.1, 0.15) is 0 Å². The zero-order valence-electron chi connectivity index (χ0n) is 2.02. The highest BCUT2D eigenvalue weighted by molar-refractivity contribution is 6.24. The maximum atomic E-state index is 4.14. The third-order valence-electron chi connectivity index (χ3n) is 0.118. The van der Waals surface area contributed by atoms with E-state index < -0.39 is 0 Å². The molecule has 0 unspecified atom stereocenters. The van der Waals surface area contributed by atoms with Gasteiger partial charge in [0.05, 0.1) is 0 Å². The molecule has 2 N–H and O–H groups in total. The van der Waals surface area contributed by atoms with Crippen molar-refractivity contribution in [2.75, 3.05) is 0 Å². The van der Waals surface area contributed by atoms with Crippen molar-refractivity contribution in [2.24, 2.45) is 0 Å². The Hall–Kier alpha value is 0.0969. The summed E-state index contributed by atoms with van der Waals surface area (Å²) in [7, 11) is -0.333. The van der Waals surface area contributed by atoms with Crippen molar-refractivity contribution < 1.29 is 14.6 Å². The molecule has 0 aromatic carbocycles. The van der Waals surface area contributed by atoms with Crippen LogP contribution in [0.4, 0.5) is 0 Å². The van der Waals surface area contributed by atoms with Gasteiger partial charge in [-0.15, -0.1) is 0 Å². The maximum absolute atomic E-state index is 4.14. The molecule has 1 aliphatic heterocycles. The monoisotopic (exact) mass is 80.0 g/mol. The van der Waals surface area contributed by atoms with Crippen LogP contribution in [0.5, 0.6) is 0 Å². The van der Waals surface area contributed by atoms with Crippen molar-refractivity contribution in [2.45, 2.75) is 0 Å². The molecule has 0 aliphatic carbocycles. The van der Waals surface area contributed by atoms with Gasteiger partial charge in [0.2, 0.25) is 0 Å². The summed E-state index contributed by atoms with van der Waals surface area (Å²) in [6.07, 6.45) is 0. The van der Waals surface area contributed by atoms with Gasteiger partial charge in [-0.25, -0.2) is 0 Å². The SMILES string of the molecule is O.O1O[SiH2]1. The molecule has 0 radical (unpaired) electrons. The van der Waals surface area contributed by atoms with Crippen molar-refractivity contribution in [3.05, 3.63) is 0 Å². The lowest BCUT2D eigenvalue weighted by Gasteiger charge is -1.27. The molecular weight excluding hydrogens is 76.1 g/mol. The molecule has 4 heavy (non-hydrogen) atoms. The Morgan fingerprint density at radius 3 is 1.50 bits per heavy atom. The first kappa shape index (κ1) is 4.10. The summed E-state index contributed by atoms with van der Waals surface area (Å²) in [6.45, 7) is 0. The highest BCUT2D eigenvalue weighted by Crippen LogP contribution is 1.83. The lowest BCUT2D eigenvalue weighted by molar-refractivity contribution is 0.0850. The largest absolute Gasteiger partial charge is 0.412 e. The molecule has 1 saturated heterocycles. The van der Waals surface area contributed by atoms with Gasteiger partial charge in [0.15, 0.2) is 0 Å². The van der Waals surface area contributed by atoms with Crippen LogP contribution in [0, 0.1) is 0 Å². The van der Waals surface area contributed by atoms with Gasteiger partial charge in [-0.2, -0.15) is 0 Å². The minimum atomic E-state index is -0.333. The van der Waals surface area contributed by atoms with E-state index in [1.165, 1.54) is 0 Å². The van der Waals surface area contributed by atoms with E-state index in [0.717, 1.165) is 0 Å². The van der Waals surface area contributed by atoms with E-state index in [-0.39, 0.29) is 15.5 Å². The molecular formula is H4O3Si. The summed E-state index contributed by atoms with van der Waals surface area (Å²) in [6, 6.07) is 0.